The third-order valence-corrected chi connectivity index (χ3v) is 4.59. The van der Waals surface area contributed by atoms with Crippen molar-refractivity contribution in [2.75, 3.05) is 16.8 Å². The number of fused-ring (bicyclic) bond motifs is 1. The summed E-state index contributed by atoms with van der Waals surface area (Å²) < 4.78 is 57.0. The van der Waals surface area contributed by atoms with Gasteiger partial charge >= 0.3 is 6.61 Å². The number of nitrogens with one attached hydrogen (secondary N) is 1. The highest BCUT2D eigenvalue weighted by Gasteiger charge is 2.27. The van der Waals surface area contributed by atoms with Crippen LogP contribution in [0.25, 0.3) is 0 Å². The maximum Gasteiger partial charge on any atom is 0.387 e. The van der Waals surface area contributed by atoms with Gasteiger partial charge in [-0.15, -0.1) is 0 Å². The van der Waals surface area contributed by atoms with Crippen molar-refractivity contribution < 1.29 is 27.1 Å². The van der Waals surface area contributed by atoms with Crippen molar-refractivity contribution >= 4 is 17.3 Å². The predicted molar refractivity (Wildman–Crippen MR) is 101 cm³/mol. The lowest BCUT2D eigenvalue weighted by Gasteiger charge is -2.27. The lowest BCUT2D eigenvalue weighted by atomic mass is 10.2. The van der Waals surface area contributed by atoms with Gasteiger partial charge < -0.3 is 15.0 Å². The van der Waals surface area contributed by atoms with E-state index >= 15 is 0 Å². The number of anilines is 2. The van der Waals surface area contributed by atoms with Crippen molar-refractivity contribution in [2.24, 2.45) is 0 Å². The fourth-order valence-electron chi connectivity index (χ4n) is 3.20. The van der Waals surface area contributed by atoms with Crippen LogP contribution >= 0.6 is 0 Å². The van der Waals surface area contributed by atoms with Crippen molar-refractivity contribution in [1.82, 2.24) is 9.78 Å². The molecule has 1 N–H and O–H groups in total. The number of hydrogen-bond donors (Lipinski definition) is 1. The minimum Gasteiger partial charge on any atom is -0.432 e. The topological polar surface area (TPSA) is 59.4 Å². The summed E-state index contributed by atoms with van der Waals surface area (Å²) in [7, 11) is 0. The second kappa shape index (κ2) is 8.05. The van der Waals surface area contributed by atoms with Gasteiger partial charge in [0.2, 0.25) is 0 Å². The lowest BCUT2D eigenvalue weighted by molar-refractivity contribution is -0.0521. The average molecular weight is 420 g/mol. The van der Waals surface area contributed by atoms with Crippen molar-refractivity contribution in [2.45, 2.75) is 19.7 Å². The summed E-state index contributed by atoms with van der Waals surface area (Å²) in [5.41, 5.74) is 1.87. The third-order valence-electron chi connectivity index (χ3n) is 4.59. The molecule has 1 aliphatic rings. The van der Waals surface area contributed by atoms with E-state index in [9.17, 15) is 22.4 Å². The van der Waals surface area contributed by atoms with E-state index in [0.29, 0.717) is 35.9 Å². The molecule has 0 saturated carbocycles. The van der Waals surface area contributed by atoms with Gasteiger partial charge in [0.05, 0.1) is 18.8 Å². The Labute approximate surface area is 168 Å². The van der Waals surface area contributed by atoms with Crippen LogP contribution in [0.15, 0.2) is 48.5 Å². The summed E-state index contributed by atoms with van der Waals surface area (Å²) in [6, 6.07) is 10.8. The number of carbonyl (C=O) groups excluding carboxylic acids is 1. The van der Waals surface area contributed by atoms with Crippen LogP contribution in [0.3, 0.4) is 0 Å². The number of alkyl halides is 2. The molecule has 1 aromatic heterocycles. The molecule has 0 atom stereocenters. The van der Waals surface area contributed by atoms with E-state index in [1.807, 2.05) is 0 Å². The average Bonchev–Trinajstić information content (AvgIpc) is 3.13. The van der Waals surface area contributed by atoms with E-state index < -0.39 is 18.2 Å². The molecule has 2 heterocycles. The number of hydrogen-bond acceptors (Lipinski definition) is 4. The molecule has 156 valence electrons. The summed E-state index contributed by atoms with van der Waals surface area (Å²) in [5.74, 6) is -2.10. The molecule has 0 saturated heterocycles. The number of halogens is 4. The Kier molecular flexibility index (Phi) is 5.30. The van der Waals surface area contributed by atoms with Crippen LogP contribution in [0.1, 0.15) is 16.2 Å². The van der Waals surface area contributed by atoms with Gasteiger partial charge in [0.25, 0.3) is 5.91 Å². The molecule has 0 spiro atoms. The number of ether oxygens (including phenoxy) is 1. The molecule has 3 aromatic rings. The first-order valence-corrected chi connectivity index (χ1v) is 9.03. The van der Waals surface area contributed by atoms with E-state index in [-0.39, 0.29) is 18.3 Å². The molecule has 10 heteroatoms. The number of carbonyl (C=O) groups is 1. The zero-order valence-electron chi connectivity index (χ0n) is 15.5. The zero-order chi connectivity index (χ0) is 21.3. The molecular formula is C20H16F4N4O2. The van der Waals surface area contributed by atoms with Crippen LogP contribution in [0.4, 0.5) is 28.9 Å². The molecule has 0 fully saturated rings. The van der Waals surface area contributed by atoms with E-state index in [1.165, 1.54) is 30.3 Å². The van der Waals surface area contributed by atoms with Crippen LogP contribution in [0, 0.1) is 11.6 Å². The number of nitrogens with zero attached hydrogens (tertiary/aromatic N) is 3. The number of aromatic nitrogens is 2. The minimum atomic E-state index is -3.11. The zero-order valence-corrected chi connectivity index (χ0v) is 15.5. The molecule has 0 bridgehead atoms. The van der Waals surface area contributed by atoms with Gasteiger partial charge in [-0.05, 0) is 42.5 Å². The molecular weight excluding hydrogens is 404 g/mol. The van der Waals surface area contributed by atoms with Gasteiger partial charge in [-0.2, -0.15) is 13.9 Å². The van der Waals surface area contributed by atoms with Crippen molar-refractivity contribution in [3.05, 3.63) is 71.6 Å². The highest BCUT2D eigenvalue weighted by atomic mass is 19.3. The first-order chi connectivity index (χ1) is 14.4. The van der Waals surface area contributed by atoms with Crippen LogP contribution in [0.2, 0.25) is 0 Å². The Morgan fingerprint density at radius 1 is 1.07 bits per heavy atom. The van der Waals surface area contributed by atoms with Crippen molar-refractivity contribution in [3.63, 3.8) is 0 Å². The molecule has 30 heavy (non-hydrogen) atoms. The van der Waals surface area contributed by atoms with E-state index in [1.54, 1.807) is 15.6 Å². The van der Waals surface area contributed by atoms with Crippen molar-refractivity contribution in [1.29, 1.82) is 0 Å². The minimum absolute atomic E-state index is 0.193. The Morgan fingerprint density at radius 2 is 1.83 bits per heavy atom. The molecule has 6 nitrogen and oxygen atoms in total. The van der Waals surface area contributed by atoms with Gasteiger partial charge in [-0.3, -0.25) is 9.48 Å². The molecule has 4 rings (SSSR count). The number of benzene rings is 2. The Hall–Kier alpha value is -3.56. The first-order valence-electron chi connectivity index (χ1n) is 9.03. The monoisotopic (exact) mass is 420 g/mol. The van der Waals surface area contributed by atoms with Gasteiger partial charge in [-0.25, -0.2) is 8.78 Å². The molecule has 1 aliphatic heterocycles. The first kappa shape index (κ1) is 19.7. The second-order valence-corrected chi connectivity index (χ2v) is 6.55. The fraction of sp³-hybridized carbons (Fsp3) is 0.200. The SMILES string of the molecule is O=C1c2cc(CNc3ccc(OC(F)F)c(F)c3)nn2CCN1c1ccc(F)cc1. The van der Waals surface area contributed by atoms with Crippen molar-refractivity contribution in [3.8, 4) is 5.75 Å². The third kappa shape index (κ3) is 4.07. The van der Waals surface area contributed by atoms with E-state index in [0.717, 1.165) is 12.1 Å². The van der Waals surface area contributed by atoms with Crippen LogP contribution in [-0.4, -0.2) is 28.8 Å². The standard InChI is InChI=1S/C20H16F4N4O2/c21-12-1-4-15(5-2-12)27-7-8-28-17(19(27)29)10-14(26-28)11-25-13-3-6-18(16(22)9-13)30-20(23)24/h1-6,9-10,20,25H,7-8,11H2. The van der Waals surface area contributed by atoms with Gasteiger partial charge in [0.1, 0.15) is 11.5 Å². The Balaban J connectivity index is 1.45. The maximum absolute atomic E-state index is 13.8. The summed E-state index contributed by atoms with van der Waals surface area (Å²) >= 11 is 0. The smallest absolute Gasteiger partial charge is 0.387 e. The predicted octanol–water partition coefficient (Wildman–Crippen LogP) is 4.04. The van der Waals surface area contributed by atoms with E-state index in [4.69, 9.17) is 0 Å². The number of amides is 1. The van der Waals surface area contributed by atoms with Gasteiger partial charge in [0.15, 0.2) is 11.6 Å². The molecule has 0 aliphatic carbocycles. The fourth-order valence-corrected chi connectivity index (χ4v) is 3.20. The van der Waals surface area contributed by atoms with Gasteiger partial charge in [-0.1, -0.05) is 0 Å². The largest absolute Gasteiger partial charge is 0.432 e. The van der Waals surface area contributed by atoms with Crippen LogP contribution in [0.5, 0.6) is 5.75 Å². The number of rotatable bonds is 6. The Bertz CT molecular complexity index is 1070. The highest BCUT2D eigenvalue weighted by Crippen LogP contribution is 2.24. The normalized spacial score (nSPS) is 13.5. The lowest BCUT2D eigenvalue weighted by Crippen LogP contribution is -2.40. The molecule has 1 amide bonds. The van der Waals surface area contributed by atoms with Gasteiger partial charge in [0, 0.05) is 24.0 Å². The highest BCUT2D eigenvalue weighted by molar-refractivity contribution is 6.05. The summed E-state index contributed by atoms with van der Waals surface area (Å²) in [5, 5.41) is 7.30. The molecule has 0 unspecified atom stereocenters. The maximum atomic E-state index is 13.8. The summed E-state index contributed by atoms with van der Waals surface area (Å²) in [6.07, 6.45) is 0. The van der Waals surface area contributed by atoms with E-state index in [2.05, 4.69) is 15.2 Å². The van der Waals surface area contributed by atoms with Crippen LogP contribution in [-0.2, 0) is 13.1 Å². The quantitative estimate of drug-likeness (QED) is 0.612. The second-order valence-electron chi connectivity index (χ2n) is 6.55. The van der Waals surface area contributed by atoms with Crippen LogP contribution < -0.4 is 15.0 Å². The molecule has 0 radical (unpaired) electrons. The summed E-state index contributed by atoms with van der Waals surface area (Å²) in [4.78, 5) is 14.3. The Morgan fingerprint density at radius 3 is 2.53 bits per heavy atom. The summed E-state index contributed by atoms with van der Waals surface area (Å²) in [6.45, 7) is -2.06. The molecule has 2 aromatic carbocycles.